The van der Waals surface area contributed by atoms with E-state index < -0.39 is 5.97 Å². The van der Waals surface area contributed by atoms with E-state index >= 15 is 0 Å². The number of anilines is 1. The molecule has 1 fully saturated rings. The quantitative estimate of drug-likeness (QED) is 0.208. The lowest BCUT2D eigenvalue weighted by Crippen LogP contribution is -2.16. The largest absolute Gasteiger partial charge is 0.477 e. The van der Waals surface area contributed by atoms with Gasteiger partial charge in [-0.25, -0.2) is 14.5 Å². The van der Waals surface area contributed by atoms with Crippen LogP contribution in [0.3, 0.4) is 0 Å². The fourth-order valence-corrected chi connectivity index (χ4v) is 5.26. The highest BCUT2D eigenvalue weighted by Gasteiger charge is 2.32. The van der Waals surface area contributed by atoms with Gasteiger partial charge < -0.3 is 19.8 Å². The Kier molecular flexibility index (Phi) is 7.19. The Hall–Kier alpha value is -3.40. The highest BCUT2D eigenvalue weighted by molar-refractivity contribution is 9.10. The number of nitrogens with two attached hydrogens (primary N) is 1. The number of aryl methyl sites for hydroxylation is 2. The molecule has 1 aromatic carbocycles. The number of aromatic nitrogens is 5. The lowest BCUT2D eigenvalue weighted by molar-refractivity contribution is 0.0600. The highest BCUT2D eigenvalue weighted by atomic mass is 79.9. The summed E-state index contributed by atoms with van der Waals surface area (Å²) in [5.74, 6) is 2.01. The van der Waals surface area contributed by atoms with Gasteiger partial charge in [0, 0.05) is 23.8 Å². The topological polar surface area (TPSA) is 110 Å². The van der Waals surface area contributed by atoms with Gasteiger partial charge in [-0.15, -0.1) is 0 Å². The minimum Gasteiger partial charge on any atom is -0.477 e. The second kappa shape index (κ2) is 10.5. The zero-order valence-corrected chi connectivity index (χ0v) is 22.9. The minimum absolute atomic E-state index is 0.400. The van der Waals surface area contributed by atoms with E-state index in [0.29, 0.717) is 41.5 Å². The van der Waals surface area contributed by atoms with Gasteiger partial charge in [-0.2, -0.15) is 5.10 Å². The van der Waals surface area contributed by atoms with E-state index in [1.807, 2.05) is 26.1 Å². The van der Waals surface area contributed by atoms with E-state index in [2.05, 4.69) is 41.6 Å². The predicted octanol–water partition coefficient (Wildman–Crippen LogP) is 5.16. The minimum atomic E-state index is -0.400. The summed E-state index contributed by atoms with van der Waals surface area (Å²) in [6, 6.07) is 9.49. The second-order valence-corrected chi connectivity index (χ2v) is 10.6. The molecule has 3 heterocycles. The van der Waals surface area contributed by atoms with E-state index in [-0.39, 0.29) is 0 Å². The molecular weight excluding hydrogens is 536 g/mol. The number of methoxy groups -OCH3 is 1. The number of imidazole rings is 1. The van der Waals surface area contributed by atoms with Crippen molar-refractivity contribution in [2.24, 2.45) is 18.9 Å². The van der Waals surface area contributed by atoms with Crippen molar-refractivity contribution in [2.45, 2.75) is 39.2 Å². The molecule has 1 aliphatic rings. The van der Waals surface area contributed by atoms with Crippen LogP contribution in [0.15, 0.2) is 41.0 Å². The summed E-state index contributed by atoms with van der Waals surface area (Å²) in [5, 5.41) is 4.37. The van der Waals surface area contributed by atoms with Crippen LogP contribution in [-0.2, 0) is 18.3 Å². The molecule has 2 N–H and O–H groups in total. The predicted molar refractivity (Wildman–Crippen MR) is 145 cm³/mol. The highest BCUT2D eigenvalue weighted by Crippen LogP contribution is 2.41. The summed E-state index contributed by atoms with van der Waals surface area (Å²) < 4.78 is 16.0. The van der Waals surface area contributed by atoms with Crippen LogP contribution in [-0.4, -0.2) is 44.0 Å². The fourth-order valence-electron chi connectivity index (χ4n) is 4.91. The summed E-state index contributed by atoms with van der Waals surface area (Å²) >= 11 is 3.57. The number of ether oxygens (including phenoxy) is 2. The first-order valence-corrected chi connectivity index (χ1v) is 13.3. The molecule has 1 aliphatic carbocycles. The van der Waals surface area contributed by atoms with Crippen molar-refractivity contribution < 1.29 is 14.3 Å². The molecule has 1 atom stereocenters. The maximum Gasteiger partial charge on any atom is 0.337 e. The Morgan fingerprint density at radius 1 is 1.24 bits per heavy atom. The molecule has 5 rings (SSSR count). The van der Waals surface area contributed by atoms with Crippen molar-refractivity contribution in [3.8, 4) is 17.1 Å². The monoisotopic (exact) mass is 566 g/mol. The number of benzene rings is 1. The number of hydrogen-bond donors (Lipinski definition) is 1. The van der Waals surface area contributed by atoms with Gasteiger partial charge in [-0.1, -0.05) is 15.9 Å². The Balaban J connectivity index is 1.26. The number of halogens is 1. The molecule has 0 bridgehead atoms. The molecule has 37 heavy (non-hydrogen) atoms. The molecule has 0 aliphatic heterocycles. The van der Waals surface area contributed by atoms with Gasteiger partial charge >= 0.3 is 5.97 Å². The molecule has 0 amide bonds. The number of pyridine rings is 1. The average Bonchev–Trinajstić information content (AvgIpc) is 3.59. The van der Waals surface area contributed by atoms with Gasteiger partial charge in [0.25, 0.3) is 0 Å². The van der Waals surface area contributed by atoms with Gasteiger partial charge in [-0.3, -0.25) is 4.98 Å². The molecule has 194 valence electrons. The Bertz CT molecular complexity index is 1440. The normalized spacial score (nSPS) is 14.2. The summed E-state index contributed by atoms with van der Waals surface area (Å²) in [6.45, 7) is 3.25. The number of hydrogen-bond acceptors (Lipinski definition) is 7. The summed E-state index contributed by atoms with van der Waals surface area (Å²) in [5.41, 5.74) is 10.8. The van der Waals surface area contributed by atoms with Crippen molar-refractivity contribution in [3.05, 3.63) is 52.3 Å². The molecule has 0 unspecified atom stereocenters. The van der Waals surface area contributed by atoms with Gasteiger partial charge in [0.1, 0.15) is 0 Å². The Labute approximate surface area is 224 Å². The van der Waals surface area contributed by atoms with Crippen LogP contribution in [0.2, 0.25) is 0 Å². The first-order chi connectivity index (χ1) is 17.8. The number of carbonyl (C=O) groups is 1. The van der Waals surface area contributed by atoms with Crippen LogP contribution in [0, 0.1) is 18.8 Å². The molecular formula is C27H31BrN6O3. The van der Waals surface area contributed by atoms with Crippen LogP contribution >= 0.6 is 15.9 Å². The molecule has 1 saturated carbocycles. The van der Waals surface area contributed by atoms with Crippen molar-refractivity contribution in [1.82, 2.24) is 24.3 Å². The van der Waals surface area contributed by atoms with E-state index in [1.165, 1.54) is 20.0 Å². The number of fused-ring (bicyclic) bond motifs is 1. The molecule has 0 radical (unpaired) electrons. The van der Waals surface area contributed by atoms with Crippen molar-refractivity contribution in [1.29, 1.82) is 0 Å². The molecule has 9 nitrogen and oxygen atoms in total. The Morgan fingerprint density at radius 2 is 2.05 bits per heavy atom. The third-order valence-electron chi connectivity index (χ3n) is 6.94. The molecule has 4 aromatic rings. The van der Waals surface area contributed by atoms with Crippen molar-refractivity contribution >= 4 is 38.9 Å². The maximum atomic E-state index is 12.1. The fraction of sp³-hybridized carbons (Fsp3) is 0.407. The standard InChI is InChI=1S/C27H31BrN6O3/c1-16-11-19(26(35)36-3)12-23(31-16)21-14-30-33(2)25(21)37-10-4-5-18(17-6-7-17)15-34-24-13-20(28)8-9-22(24)32-27(34)29/h8-9,11-14,17-18H,4-7,10,15H2,1-3H3,(H2,29,32)/t18-/m1/s1. The Morgan fingerprint density at radius 3 is 2.81 bits per heavy atom. The number of nitrogen functional groups attached to an aromatic ring is 1. The zero-order chi connectivity index (χ0) is 26.1. The zero-order valence-electron chi connectivity index (χ0n) is 21.3. The van der Waals surface area contributed by atoms with Gasteiger partial charge in [0.05, 0.1) is 47.8 Å². The molecule has 3 aromatic heterocycles. The third kappa shape index (κ3) is 5.49. The lowest BCUT2D eigenvalue weighted by Gasteiger charge is -2.19. The number of nitrogens with zero attached hydrogens (tertiary/aromatic N) is 5. The van der Waals surface area contributed by atoms with Gasteiger partial charge in [-0.05, 0) is 74.8 Å². The number of rotatable bonds is 10. The number of carbonyl (C=O) groups excluding carboxylic acids is 1. The van der Waals surface area contributed by atoms with Crippen LogP contribution in [0.5, 0.6) is 5.88 Å². The van der Waals surface area contributed by atoms with Crippen LogP contribution in [0.4, 0.5) is 5.95 Å². The second-order valence-electron chi connectivity index (χ2n) is 9.66. The molecule has 10 heteroatoms. The summed E-state index contributed by atoms with van der Waals surface area (Å²) in [4.78, 5) is 21.2. The SMILES string of the molecule is COC(=O)c1cc(C)nc(-c2cnn(C)c2OCCC[C@H](Cn2c(N)nc3ccc(Br)cc32)C2CC2)c1. The smallest absolute Gasteiger partial charge is 0.337 e. The van der Waals surface area contributed by atoms with Crippen LogP contribution in [0.1, 0.15) is 41.7 Å². The lowest BCUT2D eigenvalue weighted by atomic mass is 9.97. The molecule has 0 spiro atoms. The summed E-state index contributed by atoms with van der Waals surface area (Å²) in [7, 11) is 3.21. The first kappa shape index (κ1) is 25.3. The maximum absolute atomic E-state index is 12.1. The van der Waals surface area contributed by atoms with Crippen LogP contribution < -0.4 is 10.5 Å². The average molecular weight is 567 g/mol. The van der Waals surface area contributed by atoms with Gasteiger partial charge in [0.15, 0.2) is 0 Å². The first-order valence-electron chi connectivity index (χ1n) is 12.5. The van der Waals surface area contributed by atoms with Crippen molar-refractivity contribution in [2.75, 3.05) is 19.5 Å². The van der Waals surface area contributed by atoms with Crippen LogP contribution in [0.25, 0.3) is 22.3 Å². The van der Waals surface area contributed by atoms with E-state index in [1.54, 1.807) is 23.0 Å². The molecule has 0 saturated heterocycles. The van der Waals surface area contributed by atoms with Crippen molar-refractivity contribution in [3.63, 3.8) is 0 Å². The van der Waals surface area contributed by atoms with E-state index in [0.717, 1.165) is 46.1 Å². The number of esters is 1. The van der Waals surface area contributed by atoms with E-state index in [9.17, 15) is 4.79 Å². The summed E-state index contributed by atoms with van der Waals surface area (Å²) in [6.07, 6.45) is 6.16. The third-order valence-corrected chi connectivity index (χ3v) is 7.43. The van der Waals surface area contributed by atoms with Gasteiger partial charge in [0.2, 0.25) is 11.8 Å². The van der Waals surface area contributed by atoms with E-state index in [4.69, 9.17) is 15.2 Å².